The van der Waals surface area contributed by atoms with Crippen molar-refractivity contribution in [3.8, 4) is 0 Å². The van der Waals surface area contributed by atoms with Crippen molar-refractivity contribution in [2.45, 2.75) is 24.9 Å². The maximum Gasteiger partial charge on any atom is 0.416 e. The van der Waals surface area contributed by atoms with E-state index in [1.165, 1.54) is 12.1 Å². The van der Waals surface area contributed by atoms with Gasteiger partial charge >= 0.3 is 6.18 Å². The summed E-state index contributed by atoms with van der Waals surface area (Å²) in [5.41, 5.74) is -0.186. The number of hydrogen-bond acceptors (Lipinski definition) is 0. The first-order valence-corrected chi connectivity index (χ1v) is 4.73. The van der Waals surface area contributed by atoms with E-state index in [0.29, 0.717) is 5.56 Å². The Morgan fingerprint density at radius 1 is 1.21 bits per heavy atom. The molecule has 0 heterocycles. The Bertz CT molecular complexity index is 353. The second-order valence-corrected chi connectivity index (χ2v) is 3.94. The fourth-order valence-corrected chi connectivity index (χ4v) is 1.70. The number of hydrogen-bond donors (Lipinski definition) is 0. The van der Waals surface area contributed by atoms with Gasteiger partial charge in [-0.15, -0.1) is 0 Å². The van der Waals surface area contributed by atoms with Crippen LogP contribution in [0, 0.1) is 0 Å². The molecule has 0 unspecified atom stereocenters. The van der Waals surface area contributed by atoms with E-state index in [9.17, 15) is 13.2 Å². The quantitative estimate of drug-likeness (QED) is 0.664. The maximum absolute atomic E-state index is 12.6. The summed E-state index contributed by atoms with van der Waals surface area (Å²) in [6.45, 7) is 0. The van der Waals surface area contributed by atoms with Crippen LogP contribution in [0.15, 0.2) is 18.2 Å². The lowest BCUT2D eigenvalue weighted by Gasteiger charge is -2.12. The molecule has 0 radical (unpaired) electrons. The van der Waals surface area contributed by atoms with Crippen molar-refractivity contribution in [3.05, 3.63) is 34.3 Å². The normalized spacial score (nSPS) is 17.1. The van der Waals surface area contributed by atoms with Crippen LogP contribution in [0.5, 0.6) is 0 Å². The van der Waals surface area contributed by atoms with E-state index in [2.05, 4.69) is 0 Å². The second kappa shape index (κ2) is 3.16. The first kappa shape index (κ1) is 9.84. The molecule has 0 aromatic heterocycles. The van der Waals surface area contributed by atoms with Crippen molar-refractivity contribution in [2.24, 2.45) is 0 Å². The van der Waals surface area contributed by atoms with E-state index in [-0.39, 0.29) is 10.9 Å². The molecule has 1 saturated carbocycles. The van der Waals surface area contributed by atoms with Gasteiger partial charge in [0, 0.05) is 5.02 Å². The van der Waals surface area contributed by atoms with E-state index >= 15 is 0 Å². The average Bonchev–Trinajstić information content (AvgIpc) is 2.85. The highest BCUT2D eigenvalue weighted by molar-refractivity contribution is 6.30. The van der Waals surface area contributed by atoms with Crippen molar-refractivity contribution >= 4 is 11.6 Å². The second-order valence-electron chi connectivity index (χ2n) is 3.50. The zero-order valence-corrected chi connectivity index (χ0v) is 7.99. The van der Waals surface area contributed by atoms with Crippen molar-refractivity contribution in [3.63, 3.8) is 0 Å². The average molecular weight is 221 g/mol. The summed E-state index contributed by atoms with van der Waals surface area (Å²) in [6, 6.07) is 4.02. The minimum absolute atomic E-state index is 0.0869. The lowest BCUT2D eigenvalue weighted by molar-refractivity contribution is -0.138. The molecule has 2 rings (SSSR count). The molecular weight excluding hydrogens is 213 g/mol. The standard InChI is InChI=1S/C10H8ClF3/c11-7-3-4-8(6-1-2-6)9(5-7)10(12,13)14/h3-6H,1-2H2. The third kappa shape index (κ3) is 1.87. The van der Waals surface area contributed by atoms with Crippen molar-refractivity contribution in [2.75, 3.05) is 0 Å². The van der Waals surface area contributed by atoms with Gasteiger partial charge in [0.15, 0.2) is 0 Å². The Kier molecular flexibility index (Phi) is 2.22. The van der Waals surface area contributed by atoms with Crippen LogP contribution in [0.2, 0.25) is 5.02 Å². The van der Waals surface area contributed by atoms with Gasteiger partial charge in [-0.25, -0.2) is 0 Å². The molecule has 0 N–H and O–H groups in total. The van der Waals surface area contributed by atoms with Crippen molar-refractivity contribution < 1.29 is 13.2 Å². The molecular formula is C10H8ClF3. The van der Waals surface area contributed by atoms with Gasteiger partial charge in [0.1, 0.15) is 0 Å². The zero-order valence-electron chi connectivity index (χ0n) is 7.24. The summed E-state index contributed by atoms with van der Waals surface area (Å²) in [6.07, 6.45) is -2.59. The largest absolute Gasteiger partial charge is 0.416 e. The van der Waals surface area contributed by atoms with E-state index in [0.717, 1.165) is 18.9 Å². The van der Waals surface area contributed by atoms with Gasteiger partial charge in [-0.2, -0.15) is 13.2 Å². The Labute approximate surface area is 84.7 Å². The Morgan fingerprint density at radius 3 is 2.36 bits per heavy atom. The van der Waals surface area contributed by atoms with E-state index in [4.69, 9.17) is 11.6 Å². The summed E-state index contributed by atoms with van der Waals surface area (Å²) in [5, 5.41) is 0.140. The molecule has 1 aliphatic carbocycles. The molecule has 0 nitrogen and oxygen atoms in total. The minimum Gasteiger partial charge on any atom is -0.166 e. The Morgan fingerprint density at radius 2 is 1.86 bits per heavy atom. The molecule has 0 atom stereocenters. The molecule has 1 aromatic carbocycles. The number of alkyl halides is 3. The van der Waals surface area contributed by atoms with Crippen molar-refractivity contribution in [1.29, 1.82) is 0 Å². The first-order chi connectivity index (χ1) is 6.48. The fourth-order valence-electron chi connectivity index (χ4n) is 1.52. The van der Waals surface area contributed by atoms with Crippen LogP contribution in [-0.2, 0) is 6.18 Å². The van der Waals surface area contributed by atoms with Gasteiger partial charge in [0.25, 0.3) is 0 Å². The SMILES string of the molecule is FC(F)(F)c1cc(Cl)ccc1C1CC1. The lowest BCUT2D eigenvalue weighted by Crippen LogP contribution is -2.08. The third-order valence-corrected chi connectivity index (χ3v) is 2.57. The monoisotopic (exact) mass is 220 g/mol. The molecule has 1 aromatic rings. The van der Waals surface area contributed by atoms with E-state index in [1.54, 1.807) is 0 Å². The predicted molar refractivity (Wildman–Crippen MR) is 48.4 cm³/mol. The molecule has 0 aliphatic heterocycles. The van der Waals surface area contributed by atoms with Gasteiger partial charge in [-0.3, -0.25) is 0 Å². The number of benzene rings is 1. The molecule has 76 valence electrons. The van der Waals surface area contributed by atoms with E-state index in [1.807, 2.05) is 0 Å². The summed E-state index contributed by atoms with van der Waals surface area (Å²) >= 11 is 5.55. The van der Waals surface area contributed by atoms with Gasteiger partial charge in [-0.1, -0.05) is 17.7 Å². The summed E-state index contributed by atoms with van der Waals surface area (Å²) in [4.78, 5) is 0. The summed E-state index contributed by atoms with van der Waals surface area (Å²) < 4.78 is 37.7. The molecule has 0 bridgehead atoms. The molecule has 0 saturated heterocycles. The lowest BCUT2D eigenvalue weighted by atomic mass is 10.0. The number of halogens is 4. The molecule has 0 amide bonds. The van der Waals surface area contributed by atoms with Crippen LogP contribution in [0.4, 0.5) is 13.2 Å². The molecule has 4 heteroatoms. The van der Waals surface area contributed by atoms with Crippen LogP contribution < -0.4 is 0 Å². The van der Waals surface area contributed by atoms with Gasteiger partial charge < -0.3 is 0 Å². The Hall–Kier alpha value is -0.700. The van der Waals surface area contributed by atoms with Crippen LogP contribution in [-0.4, -0.2) is 0 Å². The zero-order chi connectivity index (χ0) is 10.3. The molecule has 14 heavy (non-hydrogen) atoms. The molecule has 0 spiro atoms. The minimum atomic E-state index is -4.29. The summed E-state index contributed by atoms with van der Waals surface area (Å²) in [7, 11) is 0. The smallest absolute Gasteiger partial charge is 0.166 e. The molecule has 1 aliphatic rings. The van der Waals surface area contributed by atoms with Crippen molar-refractivity contribution in [1.82, 2.24) is 0 Å². The van der Waals surface area contributed by atoms with Gasteiger partial charge in [0.05, 0.1) is 5.56 Å². The van der Waals surface area contributed by atoms with Crippen LogP contribution >= 0.6 is 11.6 Å². The Balaban J connectivity index is 2.48. The summed E-state index contributed by atoms with van der Waals surface area (Å²) in [5.74, 6) is 0.0869. The maximum atomic E-state index is 12.6. The molecule has 1 fully saturated rings. The van der Waals surface area contributed by atoms with Crippen LogP contribution in [0.25, 0.3) is 0 Å². The first-order valence-electron chi connectivity index (χ1n) is 4.35. The highest BCUT2D eigenvalue weighted by Gasteiger charge is 2.38. The van der Waals surface area contributed by atoms with Gasteiger partial charge in [0.2, 0.25) is 0 Å². The van der Waals surface area contributed by atoms with Crippen LogP contribution in [0.1, 0.15) is 29.9 Å². The fraction of sp³-hybridized carbons (Fsp3) is 0.400. The topological polar surface area (TPSA) is 0 Å². The van der Waals surface area contributed by atoms with Gasteiger partial charge in [-0.05, 0) is 36.5 Å². The number of rotatable bonds is 1. The third-order valence-electron chi connectivity index (χ3n) is 2.34. The highest BCUT2D eigenvalue weighted by Crippen LogP contribution is 2.46. The van der Waals surface area contributed by atoms with E-state index < -0.39 is 11.7 Å². The highest BCUT2D eigenvalue weighted by atomic mass is 35.5. The predicted octanol–water partition coefficient (Wildman–Crippen LogP) is 4.24. The van der Waals surface area contributed by atoms with Crippen LogP contribution in [0.3, 0.4) is 0 Å².